The first-order chi connectivity index (χ1) is 12.1. The van der Waals surface area contributed by atoms with E-state index in [1.165, 1.54) is 0 Å². The third-order valence-corrected chi connectivity index (χ3v) is 5.18. The van der Waals surface area contributed by atoms with E-state index in [9.17, 15) is 13.2 Å². The minimum absolute atomic E-state index is 0.271. The Labute approximate surface area is 156 Å². The van der Waals surface area contributed by atoms with Crippen LogP contribution in [0, 0.1) is 13.8 Å². The SMILES string of the molecule is Cc1cc(C)cc(NC(=O)CN(c2ccc(C(C)C)cc2)S(C)(=O)=O)c1. The molecule has 0 aliphatic rings. The van der Waals surface area contributed by atoms with Gasteiger partial charge in [0, 0.05) is 5.69 Å². The summed E-state index contributed by atoms with van der Waals surface area (Å²) in [5.41, 5.74) is 4.32. The number of carbonyl (C=O) groups is 1. The van der Waals surface area contributed by atoms with Gasteiger partial charge in [-0.1, -0.05) is 32.0 Å². The van der Waals surface area contributed by atoms with E-state index >= 15 is 0 Å². The van der Waals surface area contributed by atoms with Crippen molar-refractivity contribution in [3.8, 4) is 0 Å². The molecule has 0 unspecified atom stereocenters. The fraction of sp³-hybridized carbons (Fsp3) is 0.350. The lowest BCUT2D eigenvalue weighted by atomic mass is 10.0. The summed E-state index contributed by atoms with van der Waals surface area (Å²) in [6.07, 6.45) is 1.10. The zero-order valence-electron chi connectivity index (χ0n) is 15.9. The molecule has 1 N–H and O–H groups in total. The van der Waals surface area contributed by atoms with Crippen LogP contribution in [0.25, 0.3) is 0 Å². The van der Waals surface area contributed by atoms with Gasteiger partial charge in [0.05, 0.1) is 11.9 Å². The zero-order valence-corrected chi connectivity index (χ0v) is 16.7. The molecule has 2 aromatic carbocycles. The number of aryl methyl sites for hydroxylation is 2. The first-order valence-electron chi connectivity index (χ1n) is 8.52. The van der Waals surface area contributed by atoms with Crippen molar-refractivity contribution >= 4 is 27.3 Å². The third-order valence-electron chi connectivity index (χ3n) is 4.04. The highest BCUT2D eigenvalue weighted by Crippen LogP contribution is 2.22. The van der Waals surface area contributed by atoms with Crippen molar-refractivity contribution in [2.75, 3.05) is 22.4 Å². The Morgan fingerprint density at radius 1 is 1.04 bits per heavy atom. The Bertz CT molecular complexity index is 868. The van der Waals surface area contributed by atoms with Gasteiger partial charge in [-0.05, 0) is 60.7 Å². The van der Waals surface area contributed by atoms with Crippen LogP contribution in [0.4, 0.5) is 11.4 Å². The molecular formula is C20H26N2O3S. The Hall–Kier alpha value is -2.34. The molecule has 0 bridgehead atoms. The van der Waals surface area contributed by atoms with Gasteiger partial charge in [0.1, 0.15) is 6.54 Å². The molecule has 2 aromatic rings. The van der Waals surface area contributed by atoms with Crippen molar-refractivity contribution < 1.29 is 13.2 Å². The van der Waals surface area contributed by atoms with Gasteiger partial charge in [-0.2, -0.15) is 0 Å². The van der Waals surface area contributed by atoms with Crippen molar-refractivity contribution in [1.29, 1.82) is 0 Å². The van der Waals surface area contributed by atoms with E-state index in [0.717, 1.165) is 27.3 Å². The van der Waals surface area contributed by atoms with Gasteiger partial charge in [0.2, 0.25) is 15.9 Å². The van der Waals surface area contributed by atoms with Crippen LogP contribution in [0.15, 0.2) is 42.5 Å². The molecule has 0 aliphatic carbocycles. The summed E-state index contributed by atoms with van der Waals surface area (Å²) in [5, 5.41) is 2.78. The zero-order chi connectivity index (χ0) is 19.5. The monoisotopic (exact) mass is 374 g/mol. The van der Waals surface area contributed by atoms with E-state index in [-0.39, 0.29) is 12.5 Å². The molecule has 0 atom stereocenters. The molecule has 2 rings (SSSR count). The summed E-state index contributed by atoms with van der Waals surface area (Å²) in [7, 11) is -3.58. The Morgan fingerprint density at radius 2 is 1.58 bits per heavy atom. The van der Waals surface area contributed by atoms with Crippen LogP contribution in [-0.2, 0) is 14.8 Å². The topological polar surface area (TPSA) is 66.5 Å². The molecule has 0 saturated carbocycles. The van der Waals surface area contributed by atoms with Gasteiger partial charge in [0.15, 0.2) is 0 Å². The second kappa shape index (κ2) is 7.91. The van der Waals surface area contributed by atoms with E-state index in [4.69, 9.17) is 0 Å². The number of hydrogen-bond donors (Lipinski definition) is 1. The predicted octanol–water partition coefficient (Wildman–Crippen LogP) is 3.83. The molecule has 0 saturated heterocycles. The van der Waals surface area contributed by atoms with Crippen molar-refractivity contribution in [3.05, 3.63) is 59.2 Å². The van der Waals surface area contributed by atoms with Crippen LogP contribution in [0.5, 0.6) is 0 Å². The maximum absolute atomic E-state index is 12.4. The first kappa shape index (κ1) is 20.0. The number of rotatable bonds is 6. The van der Waals surface area contributed by atoms with E-state index in [0.29, 0.717) is 17.3 Å². The minimum Gasteiger partial charge on any atom is -0.324 e. The Balaban J connectivity index is 2.21. The normalized spacial score (nSPS) is 11.5. The summed E-state index contributed by atoms with van der Waals surface area (Å²) in [5.74, 6) is -0.0306. The van der Waals surface area contributed by atoms with E-state index in [1.807, 2.05) is 44.2 Å². The number of sulfonamides is 1. The van der Waals surface area contributed by atoms with E-state index < -0.39 is 10.0 Å². The number of nitrogens with zero attached hydrogens (tertiary/aromatic N) is 1. The van der Waals surface area contributed by atoms with E-state index in [1.54, 1.807) is 12.1 Å². The lowest BCUT2D eigenvalue weighted by molar-refractivity contribution is -0.114. The van der Waals surface area contributed by atoms with Crippen molar-refractivity contribution in [1.82, 2.24) is 0 Å². The van der Waals surface area contributed by atoms with Gasteiger partial charge in [-0.3, -0.25) is 9.10 Å². The average Bonchev–Trinajstić information content (AvgIpc) is 2.50. The van der Waals surface area contributed by atoms with Crippen LogP contribution in [0.1, 0.15) is 36.5 Å². The van der Waals surface area contributed by atoms with Gasteiger partial charge < -0.3 is 5.32 Å². The quantitative estimate of drug-likeness (QED) is 0.835. The number of carbonyl (C=O) groups excluding carboxylic acids is 1. The Morgan fingerprint density at radius 3 is 2.04 bits per heavy atom. The van der Waals surface area contributed by atoms with Crippen LogP contribution in [-0.4, -0.2) is 27.1 Å². The molecule has 5 nitrogen and oxygen atoms in total. The summed E-state index contributed by atoms with van der Waals surface area (Å²) in [4.78, 5) is 12.4. The Kier molecular flexibility index (Phi) is 6.08. The molecule has 1 amide bonds. The lowest BCUT2D eigenvalue weighted by Crippen LogP contribution is -2.37. The molecule has 140 valence electrons. The van der Waals surface area contributed by atoms with Crippen molar-refractivity contribution in [3.63, 3.8) is 0 Å². The number of amides is 1. The van der Waals surface area contributed by atoms with E-state index in [2.05, 4.69) is 19.2 Å². The molecule has 0 aliphatic heterocycles. The second-order valence-electron chi connectivity index (χ2n) is 6.94. The smallest absolute Gasteiger partial charge is 0.245 e. The predicted molar refractivity (Wildman–Crippen MR) is 107 cm³/mol. The maximum Gasteiger partial charge on any atom is 0.245 e. The fourth-order valence-electron chi connectivity index (χ4n) is 2.80. The minimum atomic E-state index is -3.58. The van der Waals surface area contributed by atoms with Gasteiger partial charge in [-0.15, -0.1) is 0 Å². The molecule has 26 heavy (non-hydrogen) atoms. The lowest BCUT2D eigenvalue weighted by Gasteiger charge is -2.22. The fourth-order valence-corrected chi connectivity index (χ4v) is 3.66. The standard InChI is InChI=1S/C20H26N2O3S/c1-14(2)17-6-8-19(9-7-17)22(26(5,24)25)13-20(23)21-18-11-15(3)10-16(4)12-18/h6-12,14H,13H2,1-5H3,(H,21,23). The average molecular weight is 375 g/mol. The number of anilines is 2. The first-order valence-corrected chi connectivity index (χ1v) is 10.4. The number of benzene rings is 2. The van der Waals surface area contributed by atoms with Crippen LogP contribution >= 0.6 is 0 Å². The maximum atomic E-state index is 12.4. The van der Waals surface area contributed by atoms with Crippen molar-refractivity contribution in [2.24, 2.45) is 0 Å². The number of nitrogens with one attached hydrogen (secondary N) is 1. The van der Waals surface area contributed by atoms with Crippen LogP contribution < -0.4 is 9.62 Å². The van der Waals surface area contributed by atoms with Gasteiger partial charge in [-0.25, -0.2) is 8.42 Å². The molecule has 0 radical (unpaired) electrons. The van der Waals surface area contributed by atoms with Crippen LogP contribution in [0.3, 0.4) is 0 Å². The summed E-state index contributed by atoms with van der Waals surface area (Å²) < 4.78 is 25.5. The molecule has 6 heteroatoms. The molecule has 0 spiro atoms. The summed E-state index contributed by atoms with van der Waals surface area (Å²) >= 11 is 0. The molecule has 0 aromatic heterocycles. The summed E-state index contributed by atoms with van der Waals surface area (Å²) in [6, 6.07) is 13.0. The van der Waals surface area contributed by atoms with Gasteiger partial charge >= 0.3 is 0 Å². The highest BCUT2D eigenvalue weighted by molar-refractivity contribution is 7.92. The second-order valence-corrected chi connectivity index (χ2v) is 8.85. The largest absolute Gasteiger partial charge is 0.324 e. The van der Waals surface area contributed by atoms with Crippen LogP contribution in [0.2, 0.25) is 0 Å². The molecule has 0 heterocycles. The number of hydrogen-bond acceptors (Lipinski definition) is 3. The highest BCUT2D eigenvalue weighted by Gasteiger charge is 2.21. The third kappa shape index (κ3) is 5.33. The molecular weight excluding hydrogens is 348 g/mol. The molecule has 0 fully saturated rings. The van der Waals surface area contributed by atoms with Crippen molar-refractivity contribution in [2.45, 2.75) is 33.6 Å². The highest BCUT2D eigenvalue weighted by atomic mass is 32.2. The summed E-state index contributed by atoms with van der Waals surface area (Å²) in [6.45, 7) is 7.76. The van der Waals surface area contributed by atoms with Gasteiger partial charge in [0.25, 0.3) is 0 Å².